The topological polar surface area (TPSA) is 66.5 Å². The molecule has 0 amide bonds. The van der Waals surface area contributed by atoms with Gasteiger partial charge in [-0.2, -0.15) is 0 Å². The van der Waals surface area contributed by atoms with Gasteiger partial charge < -0.3 is 5.32 Å². The number of Topliss-reactive ketones (excluding diaryl/α,β-unsaturated/α-hetero) is 1. The molecule has 114 valence electrons. The zero-order valence-corrected chi connectivity index (χ0v) is 12.9. The van der Waals surface area contributed by atoms with Gasteiger partial charge in [0.05, 0.1) is 18.0 Å². The normalized spacial score (nSPS) is 22.1. The summed E-state index contributed by atoms with van der Waals surface area (Å²) < 4.78 is 25.1. The molecular weight excluding hydrogens is 288 g/mol. The second-order valence-corrected chi connectivity index (χ2v) is 7.70. The Kier molecular flexibility index (Phi) is 3.75. The van der Waals surface area contributed by atoms with Gasteiger partial charge in [0, 0.05) is 12.1 Å². The van der Waals surface area contributed by atoms with Gasteiger partial charge in [-0.1, -0.05) is 0 Å². The van der Waals surface area contributed by atoms with Gasteiger partial charge >= 0.3 is 0 Å². The molecule has 1 aromatic carbocycles. The van der Waals surface area contributed by atoms with Crippen molar-refractivity contribution in [3.05, 3.63) is 29.3 Å². The van der Waals surface area contributed by atoms with Gasteiger partial charge in [-0.25, -0.2) is 8.42 Å². The number of aryl methyl sites for hydroxylation is 1. The van der Waals surface area contributed by atoms with Gasteiger partial charge in [-0.05, 0) is 56.0 Å². The summed E-state index contributed by atoms with van der Waals surface area (Å²) in [6.45, 7) is 1.41. The lowest BCUT2D eigenvalue weighted by Gasteiger charge is -2.29. The van der Waals surface area contributed by atoms with Crippen LogP contribution < -0.4 is 9.62 Å². The van der Waals surface area contributed by atoms with Crippen LogP contribution in [0.3, 0.4) is 0 Å². The van der Waals surface area contributed by atoms with E-state index in [-0.39, 0.29) is 11.8 Å². The fourth-order valence-corrected chi connectivity index (χ4v) is 4.17. The molecule has 2 aliphatic heterocycles. The lowest BCUT2D eigenvalue weighted by atomic mass is 9.96. The molecule has 0 spiro atoms. The van der Waals surface area contributed by atoms with Crippen LogP contribution in [0.1, 0.15) is 35.2 Å². The van der Waals surface area contributed by atoms with Crippen LogP contribution in [0.4, 0.5) is 5.69 Å². The number of benzene rings is 1. The smallest absolute Gasteiger partial charge is 0.232 e. The van der Waals surface area contributed by atoms with Gasteiger partial charge in [-0.3, -0.25) is 9.10 Å². The number of rotatable bonds is 3. The molecule has 3 rings (SSSR count). The zero-order valence-electron chi connectivity index (χ0n) is 12.1. The summed E-state index contributed by atoms with van der Waals surface area (Å²) in [6.07, 6.45) is 4.75. The van der Waals surface area contributed by atoms with Gasteiger partial charge in [0.15, 0.2) is 5.78 Å². The van der Waals surface area contributed by atoms with E-state index in [4.69, 9.17) is 0 Å². The second kappa shape index (κ2) is 5.42. The van der Waals surface area contributed by atoms with E-state index >= 15 is 0 Å². The summed E-state index contributed by atoms with van der Waals surface area (Å²) >= 11 is 0. The number of anilines is 1. The molecule has 1 N–H and O–H groups in total. The molecular formula is C15H20N2O3S. The molecule has 2 heterocycles. The number of sulfonamides is 1. The summed E-state index contributed by atoms with van der Waals surface area (Å²) in [7, 11) is -3.25. The molecule has 0 aliphatic carbocycles. The third kappa shape index (κ3) is 2.82. The van der Waals surface area contributed by atoms with Crippen molar-refractivity contribution in [2.45, 2.75) is 31.7 Å². The Balaban J connectivity index is 1.92. The number of nitrogens with zero attached hydrogens (tertiary/aromatic N) is 1. The summed E-state index contributed by atoms with van der Waals surface area (Å²) in [5, 5.41) is 3.21. The van der Waals surface area contributed by atoms with E-state index in [1.54, 1.807) is 12.1 Å². The highest BCUT2D eigenvalue weighted by Crippen LogP contribution is 2.30. The first-order valence-electron chi connectivity index (χ1n) is 7.35. The maximum absolute atomic E-state index is 12.4. The lowest BCUT2D eigenvalue weighted by molar-refractivity contribution is 0.0952. The van der Waals surface area contributed by atoms with E-state index < -0.39 is 10.0 Å². The van der Waals surface area contributed by atoms with E-state index in [1.165, 1.54) is 10.6 Å². The predicted octanol–water partition coefficient (Wildman–Crippen LogP) is 1.33. The monoisotopic (exact) mass is 308 g/mol. The average Bonchev–Trinajstić information content (AvgIpc) is 2.98. The van der Waals surface area contributed by atoms with Gasteiger partial charge in [0.1, 0.15) is 0 Å². The molecule has 0 bridgehead atoms. The number of nitrogens with one attached hydrogen (secondary N) is 1. The summed E-state index contributed by atoms with van der Waals surface area (Å²) in [6, 6.07) is 5.31. The molecule has 0 saturated carbocycles. The van der Waals surface area contributed by atoms with Gasteiger partial charge in [-0.15, -0.1) is 0 Å². The molecule has 1 unspecified atom stereocenters. The Bertz CT molecular complexity index is 663. The SMILES string of the molecule is CS(=O)(=O)N1CCCc2cc(C(=O)C3CCCN3)ccc21. The molecule has 6 heteroatoms. The first-order chi connectivity index (χ1) is 9.97. The number of carbonyl (C=O) groups excluding carboxylic acids is 1. The Morgan fingerprint density at radius 2 is 2.14 bits per heavy atom. The summed E-state index contributed by atoms with van der Waals surface area (Å²) in [5.41, 5.74) is 2.36. The third-order valence-corrected chi connectivity index (χ3v) is 5.40. The van der Waals surface area contributed by atoms with Crippen molar-refractivity contribution >= 4 is 21.5 Å². The molecule has 0 aromatic heterocycles. The first-order valence-corrected chi connectivity index (χ1v) is 9.20. The first kappa shape index (κ1) is 14.5. The zero-order chi connectivity index (χ0) is 15.0. The average molecular weight is 308 g/mol. The third-order valence-electron chi connectivity index (χ3n) is 4.22. The number of hydrogen-bond donors (Lipinski definition) is 1. The highest BCUT2D eigenvalue weighted by Gasteiger charge is 2.27. The number of hydrogen-bond acceptors (Lipinski definition) is 4. The predicted molar refractivity (Wildman–Crippen MR) is 82.3 cm³/mol. The van der Waals surface area contributed by atoms with Crippen molar-refractivity contribution in [3.8, 4) is 0 Å². The van der Waals surface area contributed by atoms with Crippen LogP contribution >= 0.6 is 0 Å². The van der Waals surface area contributed by atoms with E-state index in [1.807, 2.05) is 6.07 Å². The van der Waals surface area contributed by atoms with Crippen LogP contribution in [0.25, 0.3) is 0 Å². The summed E-state index contributed by atoms with van der Waals surface area (Å²) in [5.74, 6) is 0.117. The minimum absolute atomic E-state index is 0.0855. The fourth-order valence-electron chi connectivity index (χ4n) is 3.17. The van der Waals surface area contributed by atoms with Crippen molar-refractivity contribution in [2.24, 2.45) is 0 Å². The number of ketones is 1. The number of carbonyl (C=O) groups is 1. The van der Waals surface area contributed by atoms with Crippen molar-refractivity contribution in [1.29, 1.82) is 0 Å². The molecule has 1 fully saturated rings. The minimum Gasteiger partial charge on any atom is -0.307 e. The quantitative estimate of drug-likeness (QED) is 0.856. The lowest BCUT2D eigenvalue weighted by Crippen LogP contribution is -2.35. The number of fused-ring (bicyclic) bond motifs is 1. The Hall–Kier alpha value is -1.40. The van der Waals surface area contributed by atoms with Crippen molar-refractivity contribution in [1.82, 2.24) is 5.32 Å². The molecule has 2 aliphatic rings. The fraction of sp³-hybridized carbons (Fsp3) is 0.533. The molecule has 0 radical (unpaired) electrons. The van der Waals surface area contributed by atoms with Crippen LogP contribution in [0.5, 0.6) is 0 Å². The maximum Gasteiger partial charge on any atom is 0.232 e. The summed E-state index contributed by atoms with van der Waals surface area (Å²) in [4.78, 5) is 12.4. The largest absolute Gasteiger partial charge is 0.307 e. The maximum atomic E-state index is 12.4. The minimum atomic E-state index is -3.25. The van der Waals surface area contributed by atoms with E-state index in [0.717, 1.165) is 43.5 Å². The van der Waals surface area contributed by atoms with Crippen molar-refractivity contribution in [2.75, 3.05) is 23.7 Å². The van der Waals surface area contributed by atoms with Crippen LogP contribution in [-0.2, 0) is 16.4 Å². The van der Waals surface area contributed by atoms with E-state index in [9.17, 15) is 13.2 Å². The van der Waals surface area contributed by atoms with Crippen LogP contribution in [0.15, 0.2) is 18.2 Å². The Morgan fingerprint density at radius 1 is 1.33 bits per heavy atom. The molecule has 1 atom stereocenters. The Morgan fingerprint density at radius 3 is 2.81 bits per heavy atom. The highest BCUT2D eigenvalue weighted by atomic mass is 32.2. The molecule has 1 saturated heterocycles. The molecule has 21 heavy (non-hydrogen) atoms. The Labute approximate surface area is 125 Å². The van der Waals surface area contributed by atoms with Gasteiger partial charge in [0.25, 0.3) is 0 Å². The van der Waals surface area contributed by atoms with Crippen LogP contribution in [-0.4, -0.2) is 39.6 Å². The van der Waals surface area contributed by atoms with Gasteiger partial charge in [0.2, 0.25) is 10.0 Å². The van der Waals surface area contributed by atoms with Crippen LogP contribution in [0, 0.1) is 0 Å². The standard InChI is InChI=1S/C15H20N2O3S/c1-21(19,20)17-9-3-4-11-10-12(6-7-14(11)17)15(18)13-5-2-8-16-13/h6-7,10,13,16H,2-5,8-9H2,1H3. The molecule has 5 nitrogen and oxygen atoms in total. The highest BCUT2D eigenvalue weighted by molar-refractivity contribution is 7.92. The molecule has 1 aromatic rings. The van der Waals surface area contributed by atoms with Crippen molar-refractivity contribution < 1.29 is 13.2 Å². The van der Waals surface area contributed by atoms with Crippen molar-refractivity contribution in [3.63, 3.8) is 0 Å². The van der Waals surface area contributed by atoms with Crippen LogP contribution in [0.2, 0.25) is 0 Å². The van der Waals surface area contributed by atoms with E-state index in [0.29, 0.717) is 12.1 Å². The van der Waals surface area contributed by atoms with E-state index in [2.05, 4.69) is 5.32 Å². The second-order valence-electron chi connectivity index (χ2n) is 5.80.